The third kappa shape index (κ3) is 4.48. The lowest BCUT2D eigenvalue weighted by molar-refractivity contribution is -0.133. The van der Waals surface area contributed by atoms with E-state index in [1.54, 1.807) is 0 Å². The molecule has 2 aromatic rings. The molecule has 0 radical (unpaired) electrons. The van der Waals surface area contributed by atoms with E-state index in [1.165, 1.54) is 0 Å². The van der Waals surface area contributed by atoms with Gasteiger partial charge in [-0.3, -0.25) is 4.79 Å². The molecule has 0 unspecified atom stereocenters. The first kappa shape index (κ1) is 18.1. The topological polar surface area (TPSA) is 42.0 Å². The van der Waals surface area contributed by atoms with Crippen LogP contribution in [0.5, 0.6) is 11.5 Å². The van der Waals surface area contributed by atoms with Crippen molar-refractivity contribution in [3.05, 3.63) is 54.1 Å². The lowest BCUT2D eigenvalue weighted by atomic mass is 10.2. The van der Waals surface area contributed by atoms with Crippen molar-refractivity contribution in [3.63, 3.8) is 0 Å². The van der Waals surface area contributed by atoms with Crippen molar-refractivity contribution >= 4 is 11.6 Å². The Morgan fingerprint density at radius 3 is 2.50 bits per heavy atom. The highest BCUT2D eigenvalue weighted by Gasteiger charge is 2.23. The third-order valence-corrected chi connectivity index (χ3v) is 4.49. The number of amides is 1. The molecule has 1 saturated heterocycles. The largest absolute Gasteiger partial charge is 0.492 e. The molecule has 0 N–H and O–H groups in total. The minimum absolute atomic E-state index is 0.0317. The Hall–Kier alpha value is -2.69. The van der Waals surface area contributed by atoms with Crippen LogP contribution >= 0.6 is 0 Å². The molecule has 1 heterocycles. The van der Waals surface area contributed by atoms with Gasteiger partial charge in [0, 0.05) is 26.2 Å². The summed E-state index contributed by atoms with van der Waals surface area (Å²) in [6.07, 6.45) is 0. The molecule has 5 heteroatoms. The van der Waals surface area contributed by atoms with Crippen LogP contribution in [0.3, 0.4) is 0 Å². The van der Waals surface area contributed by atoms with Crippen molar-refractivity contribution < 1.29 is 14.3 Å². The van der Waals surface area contributed by atoms with Gasteiger partial charge in [0.05, 0.1) is 12.3 Å². The molecule has 1 fully saturated rings. The zero-order chi connectivity index (χ0) is 18.4. The fraction of sp³-hybridized carbons (Fsp3) is 0.381. The van der Waals surface area contributed by atoms with Crippen LogP contribution in [0.4, 0.5) is 5.69 Å². The van der Waals surface area contributed by atoms with Crippen molar-refractivity contribution in [2.24, 2.45) is 0 Å². The van der Waals surface area contributed by atoms with Gasteiger partial charge in [-0.05, 0) is 43.7 Å². The zero-order valence-electron chi connectivity index (χ0n) is 15.5. The maximum Gasteiger partial charge on any atom is 0.260 e. The first-order valence-corrected chi connectivity index (χ1v) is 9.11. The SMILES string of the molecule is CCOc1ccccc1N1CCN(C(=O)COc2cccc(C)c2)CC1. The van der Waals surface area contributed by atoms with E-state index in [0.717, 1.165) is 35.8 Å². The van der Waals surface area contributed by atoms with Crippen LogP contribution in [0, 0.1) is 6.92 Å². The molecular weight excluding hydrogens is 328 g/mol. The summed E-state index contributed by atoms with van der Waals surface area (Å²) in [5, 5.41) is 0. The predicted molar refractivity (Wildman–Crippen MR) is 103 cm³/mol. The standard InChI is InChI=1S/C21H26N2O3/c1-3-25-20-10-5-4-9-19(20)22-11-13-23(14-12-22)21(24)16-26-18-8-6-7-17(2)15-18/h4-10,15H,3,11-14,16H2,1-2H3. The van der Waals surface area contributed by atoms with Crippen LogP contribution in [0.2, 0.25) is 0 Å². The molecule has 0 bridgehead atoms. The molecule has 1 amide bonds. The first-order valence-electron chi connectivity index (χ1n) is 9.11. The highest BCUT2D eigenvalue weighted by Crippen LogP contribution is 2.28. The van der Waals surface area contributed by atoms with Crippen molar-refractivity contribution in [2.45, 2.75) is 13.8 Å². The van der Waals surface area contributed by atoms with Crippen LogP contribution in [0.15, 0.2) is 48.5 Å². The Morgan fingerprint density at radius 1 is 1.00 bits per heavy atom. The number of ether oxygens (including phenoxy) is 2. The summed E-state index contributed by atoms with van der Waals surface area (Å²) in [4.78, 5) is 16.6. The lowest BCUT2D eigenvalue weighted by Crippen LogP contribution is -2.50. The van der Waals surface area contributed by atoms with Gasteiger partial charge >= 0.3 is 0 Å². The summed E-state index contributed by atoms with van der Waals surface area (Å²) < 4.78 is 11.4. The Bertz CT molecular complexity index is 740. The second kappa shape index (κ2) is 8.61. The molecule has 5 nitrogen and oxygen atoms in total. The minimum atomic E-state index is 0.0317. The van der Waals surface area contributed by atoms with E-state index in [4.69, 9.17) is 9.47 Å². The van der Waals surface area contributed by atoms with Gasteiger partial charge in [0.15, 0.2) is 6.61 Å². The number of hydrogen-bond donors (Lipinski definition) is 0. The molecular formula is C21H26N2O3. The van der Waals surface area contributed by atoms with Crippen molar-refractivity contribution in [1.82, 2.24) is 4.90 Å². The molecule has 3 rings (SSSR count). The number of rotatable bonds is 6. The molecule has 2 aromatic carbocycles. The second-order valence-electron chi connectivity index (χ2n) is 6.37. The number of para-hydroxylation sites is 2. The van der Waals surface area contributed by atoms with Crippen molar-refractivity contribution in [3.8, 4) is 11.5 Å². The molecule has 1 aliphatic rings. The molecule has 1 aliphatic heterocycles. The summed E-state index contributed by atoms with van der Waals surface area (Å²) in [7, 11) is 0. The molecule has 26 heavy (non-hydrogen) atoms. The molecule has 138 valence electrons. The predicted octanol–water partition coefficient (Wildman–Crippen LogP) is 3.12. The minimum Gasteiger partial charge on any atom is -0.492 e. The van der Waals surface area contributed by atoms with Crippen LogP contribution in [-0.2, 0) is 4.79 Å². The number of hydrogen-bond acceptors (Lipinski definition) is 4. The van der Waals surface area contributed by atoms with Gasteiger partial charge in [0.2, 0.25) is 0 Å². The van der Waals surface area contributed by atoms with Crippen molar-refractivity contribution in [1.29, 1.82) is 0 Å². The van der Waals surface area contributed by atoms with Gasteiger partial charge in [-0.2, -0.15) is 0 Å². The molecule has 0 spiro atoms. The van der Waals surface area contributed by atoms with E-state index in [1.807, 2.05) is 61.2 Å². The Labute approximate surface area is 155 Å². The van der Waals surface area contributed by atoms with Gasteiger partial charge < -0.3 is 19.3 Å². The smallest absolute Gasteiger partial charge is 0.260 e. The van der Waals surface area contributed by atoms with E-state index in [0.29, 0.717) is 19.7 Å². The summed E-state index contributed by atoms with van der Waals surface area (Å²) in [5.74, 6) is 1.67. The van der Waals surface area contributed by atoms with Crippen molar-refractivity contribution in [2.75, 3.05) is 44.3 Å². The number of carbonyl (C=O) groups is 1. The number of benzene rings is 2. The summed E-state index contributed by atoms with van der Waals surface area (Å²) >= 11 is 0. The summed E-state index contributed by atoms with van der Waals surface area (Å²) in [5.41, 5.74) is 2.22. The van der Waals surface area contributed by atoms with Crippen LogP contribution in [-0.4, -0.2) is 50.2 Å². The molecule has 0 aromatic heterocycles. The Balaban J connectivity index is 1.52. The van der Waals surface area contributed by atoms with E-state index < -0.39 is 0 Å². The zero-order valence-corrected chi connectivity index (χ0v) is 15.5. The highest BCUT2D eigenvalue weighted by molar-refractivity contribution is 5.78. The Morgan fingerprint density at radius 2 is 1.77 bits per heavy atom. The van der Waals surface area contributed by atoms with Gasteiger partial charge in [-0.25, -0.2) is 0 Å². The highest BCUT2D eigenvalue weighted by atomic mass is 16.5. The summed E-state index contributed by atoms with van der Waals surface area (Å²) in [6, 6.07) is 15.8. The van der Waals surface area contributed by atoms with Gasteiger partial charge in [0.1, 0.15) is 11.5 Å². The first-order chi connectivity index (χ1) is 12.7. The number of aryl methyl sites for hydroxylation is 1. The summed E-state index contributed by atoms with van der Waals surface area (Å²) in [6.45, 7) is 7.69. The second-order valence-corrected chi connectivity index (χ2v) is 6.37. The molecule has 0 saturated carbocycles. The van der Waals surface area contributed by atoms with E-state index in [9.17, 15) is 4.79 Å². The van der Waals surface area contributed by atoms with Crippen LogP contribution < -0.4 is 14.4 Å². The van der Waals surface area contributed by atoms with Gasteiger partial charge in [-0.15, -0.1) is 0 Å². The quantitative estimate of drug-likeness (QED) is 0.799. The van der Waals surface area contributed by atoms with Crippen LogP contribution in [0.1, 0.15) is 12.5 Å². The average Bonchev–Trinajstić information content (AvgIpc) is 2.67. The lowest BCUT2D eigenvalue weighted by Gasteiger charge is -2.36. The fourth-order valence-electron chi connectivity index (χ4n) is 3.13. The maximum atomic E-state index is 12.4. The number of nitrogens with zero attached hydrogens (tertiary/aromatic N) is 2. The number of piperazine rings is 1. The maximum absolute atomic E-state index is 12.4. The molecule has 0 atom stereocenters. The van der Waals surface area contributed by atoms with Gasteiger partial charge in [-0.1, -0.05) is 24.3 Å². The normalized spacial score (nSPS) is 14.2. The van der Waals surface area contributed by atoms with E-state index >= 15 is 0 Å². The Kier molecular flexibility index (Phi) is 6.00. The van der Waals surface area contributed by atoms with Crippen LogP contribution in [0.25, 0.3) is 0 Å². The monoisotopic (exact) mass is 354 g/mol. The van der Waals surface area contributed by atoms with E-state index in [-0.39, 0.29) is 12.5 Å². The third-order valence-electron chi connectivity index (χ3n) is 4.49. The number of carbonyl (C=O) groups excluding carboxylic acids is 1. The van der Waals surface area contributed by atoms with Gasteiger partial charge in [0.25, 0.3) is 5.91 Å². The fourth-order valence-corrected chi connectivity index (χ4v) is 3.13. The number of anilines is 1. The average molecular weight is 354 g/mol. The van der Waals surface area contributed by atoms with E-state index in [2.05, 4.69) is 11.0 Å². The molecule has 0 aliphatic carbocycles.